The Bertz CT molecular complexity index is 4130. The molecular weight excluding hydrogens is 857 g/mol. The Labute approximate surface area is 413 Å². The van der Waals surface area contributed by atoms with Gasteiger partial charge in [0.25, 0.3) is 0 Å². The van der Waals surface area contributed by atoms with Crippen LogP contribution in [0.25, 0.3) is 82.4 Å². The second-order valence-electron chi connectivity index (χ2n) is 18.8. The third-order valence-corrected chi connectivity index (χ3v) is 15.0. The fourth-order valence-electron chi connectivity index (χ4n) is 11.8. The predicted octanol–water partition coefficient (Wildman–Crippen LogP) is 18.3. The second kappa shape index (κ2) is 16.5. The van der Waals surface area contributed by atoms with E-state index in [0.29, 0.717) is 0 Å². The highest BCUT2D eigenvalue weighted by Gasteiger charge is 2.46. The van der Waals surface area contributed by atoms with E-state index in [1.54, 1.807) is 0 Å². The van der Waals surface area contributed by atoms with E-state index in [4.69, 9.17) is 0 Å². The quantitative estimate of drug-likeness (QED) is 0.147. The summed E-state index contributed by atoms with van der Waals surface area (Å²) < 4.78 is 2.44. The van der Waals surface area contributed by atoms with Crippen LogP contribution in [0.2, 0.25) is 0 Å². The summed E-state index contributed by atoms with van der Waals surface area (Å²) in [6.07, 6.45) is 0. The molecule has 13 aromatic rings. The fraction of sp³-hybridized carbons (Fsp3) is 0.0145. The second-order valence-corrected chi connectivity index (χ2v) is 18.8. The molecule has 1 aliphatic rings. The molecule has 0 saturated carbocycles. The lowest BCUT2D eigenvalue weighted by Gasteiger charge is -2.34. The molecule has 1 atom stereocenters. The molecule has 2 heteroatoms. The molecule has 0 N–H and O–H groups in total. The number of anilines is 3. The lowest BCUT2D eigenvalue weighted by atomic mass is 9.67. The van der Waals surface area contributed by atoms with Gasteiger partial charge in [0.1, 0.15) is 0 Å². The van der Waals surface area contributed by atoms with Crippen molar-refractivity contribution in [1.29, 1.82) is 0 Å². The number of aromatic nitrogens is 1. The van der Waals surface area contributed by atoms with Crippen LogP contribution in [0, 0.1) is 0 Å². The van der Waals surface area contributed by atoms with Crippen molar-refractivity contribution in [1.82, 2.24) is 4.57 Å². The minimum Gasteiger partial charge on any atom is -0.310 e. The van der Waals surface area contributed by atoms with Gasteiger partial charge in [0.15, 0.2) is 0 Å². The molecule has 1 heterocycles. The summed E-state index contributed by atoms with van der Waals surface area (Å²) in [5.41, 5.74) is 18.6. The van der Waals surface area contributed by atoms with Gasteiger partial charge in [-0.25, -0.2) is 0 Å². The van der Waals surface area contributed by atoms with Crippen LogP contribution in [0.4, 0.5) is 17.1 Å². The Kier molecular flexibility index (Phi) is 9.47. The summed E-state index contributed by atoms with van der Waals surface area (Å²) in [6, 6.07) is 103. The molecule has 0 aliphatic heterocycles. The topological polar surface area (TPSA) is 8.17 Å². The van der Waals surface area contributed by atoms with Crippen molar-refractivity contribution in [2.75, 3.05) is 4.90 Å². The van der Waals surface area contributed by atoms with Gasteiger partial charge in [-0.1, -0.05) is 200 Å². The standard InChI is InChI=1S/C69H46N2/c1-4-17-47(18-5-1)48-31-36-56(37-32-48)70(57-38-33-50(34-39-57)60-29-16-22-49-19-12-13-27-59(49)60)58-40-42-68-64(46-58)63-45-54(35-41-67(63)71(68)55-25-8-3-9-26-55)69(53-23-6-2-7-24-53)65-30-15-14-28-61(65)62-43-51-20-10-11-21-52(51)44-66(62)69/h1-46H. The van der Waals surface area contributed by atoms with Gasteiger partial charge >= 0.3 is 0 Å². The summed E-state index contributed by atoms with van der Waals surface area (Å²) in [5.74, 6) is 0. The van der Waals surface area contributed by atoms with Crippen LogP contribution in [-0.2, 0) is 5.41 Å². The maximum atomic E-state index is 2.51. The van der Waals surface area contributed by atoms with Crippen LogP contribution in [0.5, 0.6) is 0 Å². The molecule has 0 spiro atoms. The zero-order valence-electron chi connectivity index (χ0n) is 39.0. The van der Waals surface area contributed by atoms with Gasteiger partial charge in [0, 0.05) is 33.5 Å². The summed E-state index contributed by atoms with van der Waals surface area (Å²) in [4.78, 5) is 2.41. The summed E-state index contributed by atoms with van der Waals surface area (Å²) in [6.45, 7) is 0. The third-order valence-electron chi connectivity index (χ3n) is 15.0. The number of nitrogens with zero attached hydrogens (tertiary/aromatic N) is 2. The average molecular weight is 903 g/mol. The maximum Gasteiger partial charge on any atom is 0.0714 e. The minimum absolute atomic E-state index is 0.567. The van der Waals surface area contributed by atoms with Crippen LogP contribution in [-0.4, -0.2) is 4.57 Å². The highest BCUT2D eigenvalue weighted by molar-refractivity contribution is 6.11. The van der Waals surface area contributed by atoms with E-state index in [2.05, 4.69) is 289 Å². The van der Waals surface area contributed by atoms with Crippen LogP contribution in [0.3, 0.4) is 0 Å². The summed E-state index contributed by atoms with van der Waals surface area (Å²) in [7, 11) is 0. The molecule has 1 unspecified atom stereocenters. The highest BCUT2D eigenvalue weighted by Crippen LogP contribution is 2.57. The maximum absolute atomic E-state index is 2.51. The van der Waals surface area contributed by atoms with Crippen LogP contribution in [0.15, 0.2) is 279 Å². The number of rotatable bonds is 8. The number of fused-ring (bicyclic) bond motifs is 8. The SMILES string of the molecule is c1ccc(-c2ccc(N(c3ccc(-c4cccc5ccccc45)cc3)c3ccc4c(c3)c3cc(C5(c6ccccc6)c6ccccc6-c6cc7ccccc7cc65)ccc3n4-c3ccccc3)cc2)cc1. The molecule has 2 nitrogen and oxygen atoms in total. The molecule has 0 fully saturated rings. The molecule has 0 radical (unpaired) electrons. The van der Waals surface area contributed by atoms with Gasteiger partial charge in [-0.05, 0) is 156 Å². The zero-order chi connectivity index (χ0) is 46.9. The number of hydrogen-bond acceptors (Lipinski definition) is 1. The Hall–Kier alpha value is -9.24. The molecule has 1 aliphatic carbocycles. The lowest BCUT2D eigenvalue weighted by molar-refractivity contribution is 0.771. The summed E-state index contributed by atoms with van der Waals surface area (Å²) >= 11 is 0. The van der Waals surface area contributed by atoms with E-state index >= 15 is 0 Å². The zero-order valence-corrected chi connectivity index (χ0v) is 39.0. The fourth-order valence-corrected chi connectivity index (χ4v) is 11.8. The number of benzene rings is 12. The Morgan fingerprint density at radius 2 is 0.817 bits per heavy atom. The first kappa shape index (κ1) is 40.8. The third kappa shape index (κ3) is 6.49. The first-order valence-corrected chi connectivity index (χ1v) is 24.6. The van der Waals surface area contributed by atoms with Crippen LogP contribution in [0.1, 0.15) is 22.3 Å². The van der Waals surface area contributed by atoms with Crippen molar-refractivity contribution in [2.45, 2.75) is 5.41 Å². The monoisotopic (exact) mass is 902 g/mol. The van der Waals surface area contributed by atoms with Gasteiger partial charge in [-0.2, -0.15) is 0 Å². The normalized spacial score (nSPS) is 14.0. The van der Waals surface area contributed by atoms with Crippen molar-refractivity contribution >= 4 is 60.4 Å². The van der Waals surface area contributed by atoms with Crippen LogP contribution >= 0.6 is 0 Å². The molecule has 1 aromatic heterocycles. The highest BCUT2D eigenvalue weighted by atomic mass is 15.1. The van der Waals surface area contributed by atoms with Gasteiger partial charge in [-0.3, -0.25) is 0 Å². The molecule has 0 amide bonds. The Morgan fingerprint density at radius 3 is 1.56 bits per heavy atom. The van der Waals surface area contributed by atoms with Gasteiger partial charge < -0.3 is 9.47 Å². The smallest absolute Gasteiger partial charge is 0.0714 e. The molecule has 332 valence electrons. The van der Waals surface area contributed by atoms with Gasteiger partial charge in [0.2, 0.25) is 0 Å². The van der Waals surface area contributed by atoms with Crippen molar-refractivity contribution < 1.29 is 0 Å². The Morgan fingerprint density at radius 1 is 0.282 bits per heavy atom. The largest absolute Gasteiger partial charge is 0.310 e. The first-order valence-electron chi connectivity index (χ1n) is 24.6. The van der Waals surface area contributed by atoms with Crippen molar-refractivity contribution in [2.24, 2.45) is 0 Å². The minimum atomic E-state index is -0.567. The van der Waals surface area contributed by atoms with E-state index in [-0.39, 0.29) is 0 Å². The van der Waals surface area contributed by atoms with E-state index in [9.17, 15) is 0 Å². The molecule has 71 heavy (non-hydrogen) atoms. The van der Waals surface area contributed by atoms with E-state index in [1.807, 2.05) is 0 Å². The van der Waals surface area contributed by atoms with Crippen LogP contribution < -0.4 is 4.90 Å². The Balaban J connectivity index is 1.01. The number of hydrogen-bond donors (Lipinski definition) is 0. The van der Waals surface area contributed by atoms with Crippen molar-refractivity contribution in [3.8, 4) is 39.1 Å². The van der Waals surface area contributed by atoms with E-state index in [1.165, 1.54) is 93.5 Å². The lowest BCUT2D eigenvalue weighted by Crippen LogP contribution is -2.28. The molecular formula is C69H46N2. The molecule has 0 bridgehead atoms. The van der Waals surface area contributed by atoms with Crippen molar-refractivity contribution in [3.05, 3.63) is 301 Å². The summed E-state index contributed by atoms with van der Waals surface area (Å²) in [5, 5.41) is 7.38. The molecule has 12 aromatic carbocycles. The van der Waals surface area contributed by atoms with Crippen molar-refractivity contribution in [3.63, 3.8) is 0 Å². The average Bonchev–Trinajstić information content (AvgIpc) is 3.93. The van der Waals surface area contributed by atoms with E-state index < -0.39 is 5.41 Å². The molecule has 14 rings (SSSR count). The molecule has 0 saturated heterocycles. The first-order chi connectivity index (χ1) is 35.2. The van der Waals surface area contributed by atoms with E-state index in [0.717, 1.165) is 28.3 Å². The van der Waals surface area contributed by atoms with Gasteiger partial charge in [0.05, 0.1) is 16.4 Å². The number of para-hydroxylation sites is 1. The van der Waals surface area contributed by atoms with Gasteiger partial charge in [-0.15, -0.1) is 0 Å². The predicted molar refractivity (Wildman–Crippen MR) is 299 cm³/mol.